The summed E-state index contributed by atoms with van der Waals surface area (Å²) in [7, 11) is 0. The number of carboxylic acids is 2. The third kappa shape index (κ3) is 11.8. The zero-order valence-electron chi connectivity index (χ0n) is 5.28. The summed E-state index contributed by atoms with van der Waals surface area (Å²) in [5, 5.41) is 16.3. The number of carbonyl (C=O) groups is 2. The van der Waals surface area contributed by atoms with Gasteiger partial charge in [-0.3, -0.25) is 9.59 Å². The quantitative estimate of drug-likeness (QED) is 0.471. The fourth-order valence-corrected chi connectivity index (χ4v) is 0.402. The Morgan fingerprint density at radius 2 is 1.75 bits per heavy atom. The number of hydrogen-bond donors (Lipinski definition) is 3. The first-order chi connectivity index (χ1) is 4.54. The Kier molecular flexibility index (Phi) is 17.6. The Balaban J connectivity index is -0.000000405. The molecule has 0 saturated heterocycles. The Morgan fingerprint density at radius 3 is 2.00 bits per heavy atom. The van der Waals surface area contributed by atoms with Gasteiger partial charge in [0.15, 0.2) is 0 Å². The van der Waals surface area contributed by atoms with E-state index in [-0.39, 0.29) is 102 Å². The third-order valence-electron chi connectivity index (χ3n) is 0.986. The van der Waals surface area contributed by atoms with Crippen LogP contribution in [-0.4, -0.2) is 117 Å². The van der Waals surface area contributed by atoms with E-state index in [9.17, 15) is 9.59 Å². The Labute approximate surface area is 142 Å². The monoisotopic (exact) mass is 229 g/mol. The molecular formula is C5H12CaKNO4. The molecule has 0 amide bonds. The molecule has 0 spiro atoms. The SMILES string of the molecule is N[C@@H](CCC(=O)O)C(=O)O.[CaH2].[KH]. The van der Waals surface area contributed by atoms with Crippen LogP contribution in [0.1, 0.15) is 12.8 Å². The average Bonchev–Trinajstić information content (AvgIpc) is 1.82. The standard InChI is InChI=1S/C5H9NO4.Ca.K.3H/c6-3(5(9)10)1-2-4(7)8;;;;;/h3H,1-2,6H2,(H,7,8)(H,9,10);;;;;/t3-;;;;;/m0...../s1. The van der Waals surface area contributed by atoms with Crippen molar-refractivity contribution in [2.45, 2.75) is 18.9 Å². The van der Waals surface area contributed by atoms with Gasteiger partial charge in [-0.05, 0) is 6.42 Å². The second-order valence-corrected chi connectivity index (χ2v) is 1.88. The van der Waals surface area contributed by atoms with Gasteiger partial charge in [-0.25, -0.2) is 0 Å². The van der Waals surface area contributed by atoms with Gasteiger partial charge in [-0.2, -0.15) is 0 Å². The molecule has 0 fully saturated rings. The summed E-state index contributed by atoms with van der Waals surface area (Å²) in [5.41, 5.74) is 5.00. The molecule has 7 heteroatoms. The third-order valence-corrected chi connectivity index (χ3v) is 0.986. The van der Waals surface area contributed by atoms with Gasteiger partial charge in [0.1, 0.15) is 6.04 Å². The van der Waals surface area contributed by atoms with Crippen LogP contribution >= 0.6 is 0 Å². The van der Waals surface area contributed by atoms with Crippen molar-refractivity contribution in [1.29, 1.82) is 0 Å². The molecule has 0 aromatic heterocycles. The first-order valence-corrected chi connectivity index (χ1v) is 2.74. The summed E-state index contributed by atoms with van der Waals surface area (Å²) in [6.45, 7) is 0. The fourth-order valence-electron chi connectivity index (χ4n) is 0.402. The minimum absolute atomic E-state index is 0. The first kappa shape index (κ1) is 19.4. The molecule has 1 atom stereocenters. The van der Waals surface area contributed by atoms with Gasteiger partial charge in [0.25, 0.3) is 0 Å². The number of hydrogen-bond acceptors (Lipinski definition) is 3. The van der Waals surface area contributed by atoms with Crippen LogP contribution in [0.2, 0.25) is 0 Å². The second-order valence-electron chi connectivity index (χ2n) is 1.88. The molecule has 0 saturated carbocycles. The molecule has 4 N–H and O–H groups in total. The van der Waals surface area contributed by atoms with Crippen molar-refractivity contribution >= 4 is 101 Å². The molecule has 0 aromatic rings. The van der Waals surface area contributed by atoms with Crippen molar-refractivity contribution in [2.75, 3.05) is 0 Å². The number of carboxylic acid groups (broad SMARTS) is 2. The van der Waals surface area contributed by atoms with Crippen LogP contribution in [0.15, 0.2) is 0 Å². The normalized spacial score (nSPS) is 10.4. The van der Waals surface area contributed by atoms with Gasteiger partial charge in [-0.15, -0.1) is 0 Å². The Hall–Kier alpha value is 1.80. The number of nitrogens with two attached hydrogens (primary N) is 1. The van der Waals surface area contributed by atoms with Crippen molar-refractivity contribution in [3.05, 3.63) is 0 Å². The van der Waals surface area contributed by atoms with E-state index in [2.05, 4.69) is 0 Å². The summed E-state index contributed by atoms with van der Waals surface area (Å²) in [6.07, 6.45) is -0.224. The van der Waals surface area contributed by atoms with Crippen LogP contribution < -0.4 is 5.73 Å². The average molecular weight is 229 g/mol. The van der Waals surface area contributed by atoms with Gasteiger partial charge in [0.2, 0.25) is 0 Å². The van der Waals surface area contributed by atoms with E-state index in [1.807, 2.05) is 0 Å². The summed E-state index contributed by atoms with van der Waals surface area (Å²) >= 11 is 0. The maximum atomic E-state index is 9.99. The molecule has 0 radical (unpaired) electrons. The van der Waals surface area contributed by atoms with Crippen LogP contribution in [0, 0.1) is 0 Å². The van der Waals surface area contributed by atoms with Crippen molar-refractivity contribution in [3.8, 4) is 0 Å². The van der Waals surface area contributed by atoms with Crippen molar-refractivity contribution in [2.24, 2.45) is 5.73 Å². The van der Waals surface area contributed by atoms with Gasteiger partial charge < -0.3 is 15.9 Å². The molecule has 0 aliphatic heterocycles. The van der Waals surface area contributed by atoms with Crippen LogP contribution in [0.5, 0.6) is 0 Å². The van der Waals surface area contributed by atoms with Crippen LogP contribution in [0.25, 0.3) is 0 Å². The molecule has 0 aliphatic rings. The Bertz CT molecular complexity index is 154. The van der Waals surface area contributed by atoms with E-state index in [1.165, 1.54) is 0 Å². The van der Waals surface area contributed by atoms with E-state index in [4.69, 9.17) is 15.9 Å². The van der Waals surface area contributed by atoms with E-state index in [0.29, 0.717) is 0 Å². The van der Waals surface area contributed by atoms with Crippen LogP contribution in [0.3, 0.4) is 0 Å². The van der Waals surface area contributed by atoms with Gasteiger partial charge in [0, 0.05) is 6.42 Å². The van der Waals surface area contributed by atoms with Gasteiger partial charge >= 0.3 is 101 Å². The van der Waals surface area contributed by atoms with Crippen LogP contribution in [0.4, 0.5) is 0 Å². The fraction of sp³-hybridized carbons (Fsp3) is 0.600. The molecule has 0 heterocycles. The van der Waals surface area contributed by atoms with E-state index in [0.717, 1.165) is 0 Å². The second kappa shape index (κ2) is 10.9. The first-order valence-electron chi connectivity index (χ1n) is 2.74. The molecule has 12 heavy (non-hydrogen) atoms. The molecular weight excluding hydrogens is 217 g/mol. The number of rotatable bonds is 4. The number of aliphatic carboxylic acids is 2. The molecule has 0 aliphatic carbocycles. The van der Waals surface area contributed by atoms with Gasteiger partial charge in [0.05, 0.1) is 0 Å². The summed E-state index contributed by atoms with van der Waals surface area (Å²) < 4.78 is 0. The minimum atomic E-state index is -1.17. The molecule has 64 valence electrons. The molecule has 0 aromatic carbocycles. The topological polar surface area (TPSA) is 101 Å². The summed E-state index contributed by atoms with van der Waals surface area (Å²) in [6, 6.07) is -1.06. The van der Waals surface area contributed by atoms with E-state index < -0.39 is 18.0 Å². The molecule has 5 nitrogen and oxygen atoms in total. The summed E-state index contributed by atoms with van der Waals surface area (Å²) in [4.78, 5) is 19.9. The predicted molar refractivity (Wildman–Crippen MR) is 48.2 cm³/mol. The van der Waals surface area contributed by atoms with Crippen molar-refractivity contribution in [1.82, 2.24) is 0 Å². The maximum absolute atomic E-state index is 9.99. The zero-order chi connectivity index (χ0) is 8.15. The van der Waals surface area contributed by atoms with Crippen molar-refractivity contribution in [3.63, 3.8) is 0 Å². The zero-order valence-corrected chi connectivity index (χ0v) is 5.28. The van der Waals surface area contributed by atoms with Gasteiger partial charge in [-0.1, -0.05) is 0 Å². The summed E-state index contributed by atoms with van der Waals surface area (Å²) in [5.74, 6) is -2.20. The Morgan fingerprint density at radius 1 is 1.33 bits per heavy atom. The van der Waals surface area contributed by atoms with Crippen LogP contribution in [-0.2, 0) is 9.59 Å². The van der Waals surface area contributed by atoms with E-state index in [1.54, 1.807) is 0 Å². The van der Waals surface area contributed by atoms with E-state index >= 15 is 0 Å². The predicted octanol–water partition coefficient (Wildman–Crippen LogP) is -2.30. The molecule has 0 rings (SSSR count). The molecule has 0 unspecified atom stereocenters. The molecule has 0 bridgehead atoms. The van der Waals surface area contributed by atoms with Crippen molar-refractivity contribution < 1.29 is 19.8 Å².